The molecule has 2 aromatic rings. The SMILES string of the molecule is CCNc1nc(OC)nc(Sc2ccoc2C)n1. The van der Waals surface area contributed by atoms with Crippen molar-refractivity contribution in [2.45, 2.75) is 23.9 Å². The molecular weight excluding hydrogens is 252 g/mol. The first kappa shape index (κ1) is 12.7. The molecule has 2 heterocycles. The van der Waals surface area contributed by atoms with Gasteiger partial charge in [0.25, 0.3) is 0 Å². The molecule has 0 radical (unpaired) electrons. The van der Waals surface area contributed by atoms with Crippen LogP contribution >= 0.6 is 11.8 Å². The van der Waals surface area contributed by atoms with Gasteiger partial charge in [0.15, 0.2) is 0 Å². The van der Waals surface area contributed by atoms with Gasteiger partial charge < -0.3 is 14.5 Å². The Bertz CT molecular complexity index is 530. The van der Waals surface area contributed by atoms with E-state index in [1.807, 2.05) is 19.9 Å². The summed E-state index contributed by atoms with van der Waals surface area (Å²) in [5, 5.41) is 3.61. The normalized spacial score (nSPS) is 10.4. The number of nitrogens with zero attached hydrogens (tertiary/aromatic N) is 3. The van der Waals surface area contributed by atoms with Crippen molar-refractivity contribution >= 4 is 17.7 Å². The average molecular weight is 266 g/mol. The zero-order valence-corrected chi connectivity index (χ0v) is 11.2. The van der Waals surface area contributed by atoms with Crippen LogP contribution in [0.2, 0.25) is 0 Å². The molecule has 0 aliphatic rings. The fourth-order valence-electron chi connectivity index (χ4n) is 1.29. The fraction of sp³-hybridized carbons (Fsp3) is 0.364. The number of hydrogen-bond acceptors (Lipinski definition) is 7. The lowest BCUT2D eigenvalue weighted by atomic mass is 10.5. The number of furan rings is 1. The van der Waals surface area contributed by atoms with Crippen LogP contribution in [0.1, 0.15) is 12.7 Å². The van der Waals surface area contributed by atoms with E-state index < -0.39 is 0 Å². The van der Waals surface area contributed by atoms with Gasteiger partial charge in [0, 0.05) is 6.54 Å². The van der Waals surface area contributed by atoms with Crippen LogP contribution in [0.3, 0.4) is 0 Å². The molecule has 0 saturated carbocycles. The number of aryl methyl sites for hydroxylation is 1. The minimum Gasteiger partial charge on any atom is -0.468 e. The third-order valence-electron chi connectivity index (χ3n) is 2.12. The lowest BCUT2D eigenvalue weighted by molar-refractivity contribution is 0.373. The zero-order chi connectivity index (χ0) is 13.0. The fourth-order valence-corrected chi connectivity index (χ4v) is 2.06. The van der Waals surface area contributed by atoms with Gasteiger partial charge in [0.2, 0.25) is 11.1 Å². The molecule has 0 fully saturated rings. The quantitative estimate of drug-likeness (QED) is 0.890. The van der Waals surface area contributed by atoms with Crippen molar-refractivity contribution in [3.05, 3.63) is 18.1 Å². The van der Waals surface area contributed by atoms with Gasteiger partial charge in [-0.1, -0.05) is 0 Å². The van der Waals surface area contributed by atoms with Crippen LogP contribution in [-0.2, 0) is 0 Å². The molecule has 18 heavy (non-hydrogen) atoms. The Labute approximate surface area is 109 Å². The predicted molar refractivity (Wildman–Crippen MR) is 68.1 cm³/mol. The maximum Gasteiger partial charge on any atom is 0.321 e. The van der Waals surface area contributed by atoms with Gasteiger partial charge in [-0.3, -0.25) is 0 Å². The predicted octanol–water partition coefficient (Wildman–Crippen LogP) is 2.36. The van der Waals surface area contributed by atoms with Gasteiger partial charge in [-0.2, -0.15) is 15.0 Å². The number of rotatable bonds is 5. The molecule has 0 aliphatic heterocycles. The molecule has 96 valence electrons. The van der Waals surface area contributed by atoms with Gasteiger partial charge >= 0.3 is 6.01 Å². The largest absolute Gasteiger partial charge is 0.468 e. The van der Waals surface area contributed by atoms with E-state index in [1.165, 1.54) is 18.9 Å². The van der Waals surface area contributed by atoms with Gasteiger partial charge in [0.05, 0.1) is 18.3 Å². The number of hydrogen-bond donors (Lipinski definition) is 1. The first-order chi connectivity index (χ1) is 8.72. The third-order valence-corrected chi connectivity index (χ3v) is 3.13. The summed E-state index contributed by atoms with van der Waals surface area (Å²) in [7, 11) is 1.53. The van der Waals surface area contributed by atoms with Crippen LogP contribution in [0, 0.1) is 6.92 Å². The monoisotopic (exact) mass is 266 g/mol. The van der Waals surface area contributed by atoms with Crippen LogP contribution in [0.15, 0.2) is 26.8 Å². The summed E-state index contributed by atoms with van der Waals surface area (Å²) >= 11 is 1.41. The van der Waals surface area contributed by atoms with E-state index in [4.69, 9.17) is 9.15 Å². The molecule has 0 unspecified atom stereocenters. The lowest BCUT2D eigenvalue weighted by Crippen LogP contribution is -2.05. The van der Waals surface area contributed by atoms with Gasteiger partial charge in [-0.05, 0) is 31.7 Å². The van der Waals surface area contributed by atoms with Crippen molar-refractivity contribution in [1.82, 2.24) is 15.0 Å². The molecule has 0 aromatic carbocycles. The molecule has 2 aromatic heterocycles. The second kappa shape index (κ2) is 5.72. The number of anilines is 1. The van der Waals surface area contributed by atoms with E-state index in [1.54, 1.807) is 6.26 Å². The van der Waals surface area contributed by atoms with Gasteiger partial charge in [-0.15, -0.1) is 0 Å². The maximum absolute atomic E-state index is 5.23. The highest BCUT2D eigenvalue weighted by atomic mass is 32.2. The number of methoxy groups -OCH3 is 1. The van der Waals surface area contributed by atoms with Crippen molar-refractivity contribution in [3.8, 4) is 6.01 Å². The van der Waals surface area contributed by atoms with Crippen LogP contribution < -0.4 is 10.1 Å². The van der Waals surface area contributed by atoms with Gasteiger partial charge in [-0.25, -0.2) is 0 Å². The van der Waals surface area contributed by atoms with Crippen LogP contribution in [0.5, 0.6) is 6.01 Å². The number of nitrogens with one attached hydrogen (secondary N) is 1. The van der Waals surface area contributed by atoms with E-state index in [9.17, 15) is 0 Å². The summed E-state index contributed by atoms with van der Waals surface area (Å²) in [6, 6.07) is 2.17. The highest BCUT2D eigenvalue weighted by molar-refractivity contribution is 7.99. The second-order valence-electron chi connectivity index (χ2n) is 3.40. The van der Waals surface area contributed by atoms with E-state index in [2.05, 4.69) is 20.3 Å². The van der Waals surface area contributed by atoms with Crippen molar-refractivity contribution in [3.63, 3.8) is 0 Å². The standard InChI is InChI=1S/C11H14N4O2S/c1-4-12-9-13-10(16-3)15-11(14-9)18-8-5-6-17-7(8)2/h5-6H,4H2,1-3H3,(H,12,13,14,15). The Morgan fingerprint density at radius 1 is 1.39 bits per heavy atom. The Morgan fingerprint density at radius 2 is 2.22 bits per heavy atom. The molecule has 2 rings (SSSR count). The minimum atomic E-state index is 0.296. The maximum atomic E-state index is 5.23. The van der Waals surface area contributed by atoms with Crippen LogP contribution in [-0.4, -0.2) is 28.6 Å². The van der Waals surface area contributed by atoms with E-state index in [-0.39, 0.29) is 0 Å². The summed E-state index contributed by atoms with van der Waals surface area (Å²) in [5.74, 6) is 1.34. The average Bonchev–Trinajstić information content (AvgIpc) is 2.75. The number of aromatic nitrogens is 3. The molecule has 0 saturated heterocycles. The highest BCUT2D eigenvalue weighted by Crippen LogP contribution is 2.29. The summed E-state index contributed by atoms with van der Waals surface area (Å²) in [4.78, 5) is 13.6. The number of ether oxygens (including phenoxy) is 1. The molecule has 1 N–H and O–H groups in total. The zero-order valence-electron chi connectivity index (χ0n) is 10.4. The Kier molecular flexibility index (Phi) is 4.03. The smallest absolute Gasteiger partial charge is 0.321 e. The van der Waals surface area contributed by atoms with E-state index in [0.717, 1.165) is 17.2 Å². The minimum absolute atomic E-state index is 0.296. The molecule has 0 bridgehead atoms. The van der Waals surface area contributed by atoms with E-state index >= 15 is 0 Å². The molecule has 0 amide bonds. The van der Waals surface area contributed by atoms with E-state index in [0.29, 0.717) is 17.1 Å². The summed E-state index contributed by atoms with van der Waals surface area (Å²) in [6.07, 6.45) is 1.64. The topological polar surface area (TPSA) is 73.1 Å². The summed E-state index contributed by atoms with van der Waals surface area (Å²) < 4.78 is 10.3. The molecule has 0 spiro atoms. The Morgan fingerprint density at radius 3 is 2.83 bits per heavy atom. The molecule has 0 aliphatic carbocycles. The van der Waals surface area contributed by atoms with Crippen molar-refractivity contribution in [2.24, 2.45) is 0 Å². The summed E-state index contributed by atoms with van der Waals surface area (Å²) in [5.41, 5.74) is 0. The van der Waals surface area contributed by atoms with Crippen LogP contribution in [0.4, 0.5) is 5.95 Å². The van der Waals surface area contributed by atoms with Crippen molar-refractivity contribution < 1.29 is 9.15 Å². The molecule has 0 atom stereocenters. The lowest BCUT2D eigenvalue weighted by Gasteiger charge is -2.05. The van der Waals surface area contributed by atoms with Crippen molar-refractivity contribution in [1.29, 1.82) is 0 Å². The van der Waals surface area contributed by atoms with Crippen LogP contribution in [0.25, 0.3) is 0 Å². The summed E-state index contributed by atoms with van der Waals surface area (Å²) in [6.45, 7) is 4.61. The first-order valence-corrected chi connectivity index (χ1v) is 6.30. The third kappa shape index (κ3) is 2.92. The Hall–Kier alpha value is -1.76. The highest BCUT2D eigenvalue weighted by Gasteiger charge is 2.10. The molecular formula is C11H14N4O2S. The van der Waals surface area contributed by atoms with Gasteiger partial charge in [0.1, 0.15) is 5.76 Å². The molecule has 6 nitrogen and oxygen atoms in total. The first-order valence-electron chi connectivity index (χ1n) is 5.48. The molecule has 7 heteroatoms. The second-order valence-corrected chi connectivity index (χ2v) is 4.41. The Balaban J connectivity index is 2.26. The van der Waals surface area contributed by atoms with Crippen molar-refractivity contribution in [2.75, 3.05) is 19.0 Å².